The summed E-state index contributed by atoms with van der Waals surface area (Å²) in [5.74, 6) is 0.861. The van der Waals surface area contributed by atoms with E-state index < -0.39 is 0 Å². The SMILES string of the molecule is CCOCC(Cc1ccc(OC)c(Br)c1)NC. The van der Waals surface area contributed by atoms with Crippen LogP contribution in [0.15, 0.2) is 22.7 Å². The van der Waals surface area contributed by atoms with Crippen molar-refractivity contribution < 1.29 is 9.47 Å². The third-order valence-corrected chi connectivity index (χ3v) is 3.25. The molecule has 0 fully saturated rings. The summed E-state index contributed by atoms with van der Waals surface area (Å²) < 4.78 is 11.6. The predicted molar refractivity (Wildman–Crippen MR) is 73.7 cm³/mol. The minimum absolute atomic E-state index is 0.343. The fourth-order valence-corrected chi connectivity index (χ4v) is 2.21. The van der Waals surface area contributed by atoms with Gasteiger partial charge in [0.25, 0.3) is 0 Å². The van der Waals surface area contributed by atoms with Gasteiger partial charge in [-0.25, -0.2) is 0 Å². The number of hydrogen-bond acceptors (Lipinski definition) is 3. The lowest BCUT2D eigenvalue weighted by atomic mass is 10.1. The molecule has 0 amide bonds. The van der Waals surface area contributed by atoms with Crippen LogP contribution in [0.25, 0.3) is 0 Å². The molecule has 4 heteroatoms. The Labute approximate surface area is 112 Å². The minimum atomic E-state index is 0.343. The summed E-state index contributed by atoms with van der Waals surface area (Å²) in [4.78, 5) is 0. The van der Waals surface area contributed by atoms with Crippen LogP contribution >= 0.6 is 15.9 Å². The van der Waals surface area contributed by atoms with Gasteiger partial charge in [-0.05, 0) is 54.0 Å². The zero-order valence-electron chi connectivity index (χ0n) is 10.6. The Hall–Kier alpha value is -0.580. The molecule has 0 aliphatic heterocycles. The van der Waals surface area contributed by atoms with Crippen LogP contribution in [-0.2, 0) is 11.2 Å². The second kappa shape index (κ2) is 7.69. The molecule has 0 aliphatic carbocycles. The maximum atomic E-state index is 5.43. The van der Waals surface area contributed by atoms with Crippen LogP contribution in [0.3, 0.4) is 0 Å². The number of likely N-dealkylation sites (N-methyl/N-ethyl adjacent to an activating group) is 1. The van der Waals surface area contributed by atoms with Crippen LogP contribution in [0.4, 0.5) is 0 Å². The van der Waals surface area contributed by atoms with E-state index in [-0.39, 0.29) is 0 Å². The first-order chi connectivity index (χ1) is 8.21. The number of ether oxygens (including phenoxy) is 2. The highest BCUT2D eigenvalue weighted by molar-refractivity contribution is 9.10. The quantitative estimate of drug-likeness (QED) is 0.840. The van der Waals surface area contributed by atoms with Crippen LogP contribution in [0.1, 0.15) is 12.5 Å². The second-order valence-electron chi connectivity index (χ2n) is 3.82. The van der Waals surface area contributed by atoms with Gasteiger partial charge in [0.1, 0.15) is 5.75 Å². The minimum Gasteiger partial charge on any atom is -0.496 e. The van der Waals surface area contributed by atoms with Crippen molar-refractivity contribution in [1.82, 2.24) is 5.32 Å². The van der Waals surface area contributed by atoms with Crippen molar-refractivity contribution in [3.05, 3.63) is 28.2 Å². The van der Waals surface area contributed by atoms with Crippen molar-refractivity contribution in [2.45, 2.75) is 19.4 Å². The van der Waals surface area contributed by atoms with Gasteiger partial charge in [0.15, 0.2) is 0 Å². The Balaban J connectivity index is 2.63. The first kappa shape index (κ1) is 14.5. The van der Waals surface area contributed by atoms with E-state index in [9.17, 15) is 0 Å². The normalized spacial score (nSPS) is 12.5. The zero-order valence-corrected chi connectivity index (χ0v) is 12.2. The summed E-state index contributed by atoms with van der Waals surface area (Å²) in [5, 5.41) is 3.26. The summed E-state index contributed by atoms with van der Waals surface area (Å²) in [6.07, 6.45) is 0.944. The second-order valence-corrected chi connectivity index (χ2v) is 4.67. The van der Waals surface area contributed by atoms with Gasteiger partial charge in [0.05, 0.1) is 18.2 Å². The molecule has 0 spiro atoms. The summed E-state index contributed by atoms with van der Waals surface area (Å²) in [6.45, 7) is 3.50. The maximum absolute atomic E-state index is 5.43. The van der Waals surface area contributed by atoms with Gasteiger partial charge >= 0.3 is 0 Å². The first-order valence-electron chi connectivity index (χ1n) is 5.78. The predicted octanol–water partition coefficient (Wildman–Crippen LogP) is 2.62. The molecule has 0 saturated carbocycles. The Morgan fingerprint density at radius 2 is 2.18 bits per heavy atom. The van der Waals surface area contributed by atoms with E-state index in [1.54, 1.807) is 7.11 Å². The highest BCUT2D eigenvalue weighted by Gasteiger charge is 2.09. The molecule has 0 aromatic heterocycles. The van der Waals surface area contributed by atoms with Crippen molar-refractivity contribution in [1.29, 1.82) is 0 Å². The van der Waals surface area contributed by atoms with Crippen LogP contribution < -0.4 is 10.1 Å². The molecule has 1 rings (SSSR count). The molecule has 1 aromatic carbocycles. The van der Waals surface area contributed by atoms with Gasteiger partial charge in [-0.2, -0.15) is 0 Å². The average Bonchev–Trinajstić information content (AvgIpc) is 2.34. The standard InChI is InChI=1S/C13H20BrNO2/c1-4-17-9-11(15-2)7-10-5-6-13(16-3)12(14)8-10/h5-6,8,11,15H,4,7,9H2,1-3H3. The van der Waals surface area contributed by atoms with E-state index in [0.717, 1.165) is 29.9 Å². The summed E-state index contributed by atoms with van der Waals surface area (Å²) in [6, 6.07) is 6.50. The average molecular weight is 302 g/mol. The highest BCUT2D eigenvalue weighted by Crippen LogP contribution is 2.25. The van der Waals surface area contributed by atoms with Crippen molar-refractivity contribution in [2.24, 2.45) is 0 Å². The molecular formula is C13H20BrNO2. The molecule has 1 unspecified atom stereocenters. The van der Waals surface area contributed by atoms with Gasteiger partial charge < -0.3 is 14.8 Å². The van der Waals surface area contributed by atoms with Crippen LogP contribution in [0, 0.1) is 0 Å². The number of nitrogens with one attached hydrogen (secondary N) is 1. The number of methoxy groups -OCH3 is 1. The summed E-state index contributed by atoms with van der Waals surface area (Å²) in [7, 11) is 3.63. The molecule has 1 atom stereocenters. The molecule has 17 heavy (non-hydrogen) atoms. The molecule has 1 N–H and O–H groups in total. The summed E-state index contributed by atoms with van der Waals surface area (Å²) >= 11 is 3.50. The van der Waals surface area contributed by atoms with Crippen molar-refractivity contribution >= 4 is 15.9 Å². The van der Waals surface area contributed by atoms with E-state index in [1.165, 1.54) is 5.56 Å². The van der Waals surface area contributed by atoms with E-state index >= 15 is 0 Å². The number of benzene rings is 1. The zero-order chi connectivity index (χ0) is 12.7. The Morgan fingerprint density at radius 1 is 1.41 bits per heavy atom. The van der Waals surface area contributed by atoms with E-state index in [4.69, 9.17) is 9.47 Å². The third kappa shape index (κ3) is 4.66. The van der Waals surface area contributed by atoms with Gasteiger partial charge in [0.2, 0.25) is 0 Å². The molecule has 3 nitrogen and oxygen atoms in total. The molecule has 0 aliphatic rings. The van der Waals surface area contributed by atoms with E-state index in [0.29, 0.717) is 6.04 Å². The van der Waals surface area contributed by atoms with E-state index in [2.05, 4.69) is 33.4 Å². The van der Waals surface area contributed by atoms with Gasteiger partial charge in [-0.15, -0.1) is 0 Å². The number of hydrogen-bond donors (Lipinski definition) is 1. The Kier molecular flexibility index (Phi) is 6.55. The lowest BCUT2D eigenvalue weighted by Gasteiger charge is -2.16. The molecule has 96 valence electrons. The largest absolute Gasteiger partial charge is 0.496 e. The fraction of sp³-hybridized carbons (Fsp3) is 0.538. The van der Waals surface area contributed by atoms with Crippen molar-refractivity contribution in [3.63, 3.8) is 0 Å². The smallest absolute Gasteiger partial charge is 0.133 e. The van der Waals surface area contributed by atoms with Gasteiger partial charge in [0, 0.05) is 12.6 Å². The number of halogens is 1. The molecule has 0 bridgehead atoms. The Morgan fingerprint density at radius 3 is 2.71 bits per heavy atom. The van der Waals surface area contributed by atoms with Crippen molar-refractivity contribution in [2.75, 3.05) is 27.4 Å². The molecular weight excluding hydrogens is 282 g/mol. The van der Waals surface area contributed by atoms with E-state index in [1.807, 2.05) is 20.0 Å². The number of rotatable bonds is 7. The van der Waals surface area contributed by atoms with Gasteiger partial charge in [-0.1, -0.05) is 6.07 Å². The molecule has 1 aromatic rings. The van der Waals surface area contributed by atoms with Crippen LogP contribution in [-0.4, -0.2) is 33.4 Å². The third-order valence-electron chi connectivity index (χ3n) is 2.63. The fourth-order valence-electron chi connectivity index (χ4n) is 1.63. The lowest BCUT2D eigenvalue weighted by molar-refractivity contribution is 0.125. The maximum Gasteiger partial charge on any atom is 0.133 e. The highest BCUT2D eigenvalue weighted by atomic mass is 79.9. The Bertz CT molecular complexity index is 344. The molecule has 0 radical (unpaired) electrons. The molecule has 0 heterocycles. The van der Waals surface area contributed by atoms with Gasteiger partial charge in [-0.3, -0.25) is 0 Å². The first-order valence-corrected chi connectivity index (χ1v) is 6.58. The van der Waals surface area contributed by atoms with Crippen molar-refractivity contribution in [3.8, 4) is 5.75 Å². The monoisotopic (exact) mass is 301 g/mol. The molecule has 0 saturated heterocycles. The topological polar surface area (TPSA) is 30.5 Å². The van der Waals surface area contributed by atoms with Crippen LogP contribution in [0.2, 0.25) is 0 Å². The van der Waals surface area contributed by atoms with Crippen LogP contribution in [0.5, 0.6) is 5.75 Å². The lowest BCUT2D eigenvalue weighted by Crippen LogP contribution is -2.32. The summed E-state index contributed by atoms with van der Waals surface area (Å²) in [5.41, 5.74) is 1.26.